The first-order valence-corrected chi connectivity index (χ1v) is 9.83. The van der Waals surface area contributed by atoms with E-state index in [2.05, 4.69) is 35.5 Å². The third kappa shape index (κ3) is 4.07. The van der Waals surface area contributed by atoms with E-state index in [1.807, 2.05) is 60.7 Å². The molecule has 2 N–H and O–H groups in total. The van der Waals surface area contributed by atoms with Gasteiger partial charge in [0.25, 0.3) is 5.91 Å². The Balaban J connectivity index is 1.50. The van der Waals surface area contributed by atoms with Crippen molar-refractivity contribution in [1.82, 2.24) is 0 Å². The minimum absolute atomic E-state index is 0.0770. The van der Waals surface area contributed by atoms with Gasteiger partial charge in [0, 0.05) is 5.56 Å². The van der Waals surface area contributed by atoms with Crippen LogP contribution in [0.1, 0.15) is 10.4 Å². The quantitative estimate of drug-likeness (QED) is 0.739. The molecule has 0 spiro atoms. The van der Waals surface area contributed by atoms with E-state index < -0.39 is 0 Å². The Morgan fingerprint density at radius 3 is 2.14 bits per heavy atom. The third-order valence-corrected chi connectivity index (χ3v) is 5.36. The summed E-state index contributed by atoms with van der Waals surface area (Å²) in [6.45, 7) is 4.24. The number of nitrogens with zero attached hydrogens (tertiary/aromatic N) is 1. The highest BCUT2D eigenvalue weighted by atomic mass is 16.1. The van der Waals surface area contributed by atoms with Crippen LogP contribution in [0.15, 0.2) is 78.9 Å². The molecule has 0 aromatic heterocycles. The van der Waals surface area contributed by atoms with Gasteiger partial charge in [-0.15, -0.1) is 0 Å². The molecule has 0 aliphatic carbocycles. The molecule has 0 radical (unpaired) electrons. The number of carbonyl (C=O) groups excluding carboxylic acids is 1. The molecule has 3 aromatic carbocycles. The van der Waals surface area contributed by atoms with Crippen LogP contribution in [-0.2, 0) is 0 Å². The van der Waals surface area contributed by atoms with Gasteiger partial charge < -0.3 is 15.1 Å². The molecular formula is C24H26N3O+. The topological polar surface area (TPSA) is 36.8 Å². The molecule has 0 bridgehead atoms. The monoisotopic (exact) mass is 372 g/mol. The Morgan fingerprint density at radius 1 is 0.821 bits per heavy atom. The largest absolute Gasteiger partial charge is 0.359 e. The number of benzene rings is 3. The van der Waals surface area contributed by atoms with Crippen LogP contribution in [0.4, 0.5) is 11.4 Å². The zero-order chi connectivity index (χ0) is 19.3. The van der Waals surface area contributed by atoms with Gasteiger partial charge in [-0.25, -0.2) is 0 Å². The molecular weight excluding hydrogens is 346 g/mol. The van der Waals surface area contributed by atoms with Crippen LogP contribution in [0, 0.1) is 0 Å². The molecule has 0 unspecified atom stereocenters. The fourth-order valence-corrected chi connectivity index (χ4v) is 3.62. The molecule has 1 amide bonds. The predicted molar refractivity (Wildman–Crippen MR) is 115 cm³/mol. The summed E-state index contributed by atoms with van der Waals surface area (Å²) in [5, 5.41) is 3.11. The average Bonchev–Trinajstić information content (AvgIpc) is 2.75. The number of nitrogens with one attached hydrogen (secondary N) is 2. The molecule has 1 heterocycles. The zero-order valence-corrected chi connectivity index (χ0v) is 16.2. The maximum absolute atomic E-state index is 12.8. The number of anilines is 2. The highest BCUT2D eigenvalue weighted by Gasteiger charge is 2.20. The van der Waals surface area contributed by atoms with E-state index in [9.17, 15) is 4.79 Å². The number of para-hydroxylation sites is 2. The molecule has 1 saturated heterocycles. The van der Waals surface area contributed by atoms with Crippen molar-refractivity contribution in [3.63, 3.8) is 0 Å². The second kappa shape index (κ2) is 8.28. The van der Waals surface area contributed by atoms with Gasteiger partial charge in [0.05, 0.1) is 44.6 Å². The number of rotatable bonds is 4. The predicted octanol–water partition coefficient (Wildman–Crippen LogP) is 2.94. The first-order valence-electron chi connectivity index (χ1n) is 9.83. The molecule has 4 rings (SSSR count). The van der Waals surface area contributed by atoms with Crippen molar-refractivity contribution >= 4 is 17.3 Å². The molecule has 0 saturated carbocycles. The lowest BCUT2D eigenvalue weighted by Crippen LogP contribution is -3.12. The van der Waals surface area contributed by atoms with Crippen molar-refractivity contribution in [3.05, 3.63) is 84.4 Å². The van der Waals surface area contributed by atoms with Gasteiger partial charge in [0.2, 0.25) is 0 Å². The normalized spacial score (nSPS) is 14.7. The van der Waals surface area contributed by atoms with E-state index in [0.29, 0.717) is 5.56 Å². The molecule has 3 aromatic rings. The summed E-state index contributed by atoms with van der Waals surface area (Å²) in [6.07, 6.45) is 0. The number of piperazine rings is 1. The average molecular weight is 372 g/mol. The number of carbonyl (C=O) groups is 1. The van der Waals surface area contributed by atoms with Crippen molar-refractivity contribution in [3.8, 4) is 11.1 Å². The summed E-state index contributed by atoms with van der Waals surface area (Å²) >= 11 is 0. The van der Waals surface area contributed by atoms with Crippen LogP contribution >= 0.6 is 0 Å². The van der Waals surface area contributed by atoms with Crippen LogP contribution in [0.2, 0.25) is 0 Å². The van der Waals surface area contributed by atoms with Gasteiger partial charge >= 0.3 is 0 Å². The van der Waals surface area contributed by atoms with Crippen molar-refractivity contribution in [2.24, 2.45) is 0 Å². The van der Waals surface area contributed by atoms with Gasteiger partial charge in [-0.1, -0.05) is 54.6 Å². The zero-order valence-electron chi connectivity index (χ0n) is 16.2. The summed E-state index contributed by atoms with van der Waals surface area (Å²) in [7, 11) is 2.23. The molecule has 28 heavy (non-hydrogen) atoms. The highest BCUT2D eigenvalue weighted by Crippen LogP contribution is 2.26. The van der Waals surface area contributed by atoms with Crippen molar-refractivity contribution in [1.29, 1.82) is 0 Å². The molecule has 1 aliphatic heterocycles. The van der Waals surface area contributed by atoms with Crippen LogP contribution in [0.5, 0.6) is 0 Å². The van der Waals surface area contributed by atoms with Gasteiger partial charge in [-0.2, -0.15) is 0 Å². The number of quaternary nitrogens is 1. The molecule has 4 nitrogen and oxygen atoms in total. The SMILES string of the molecule is C[NH+]1CCN(c2ccccc2NC(=O)c2ccc(-c3ccccc3)cc2)CC1. The summed E-state index contributed by atoms with van der Waals surface area (Å²) in [6, 6.07) is 26.0. The highest BCUT2D eigenvalue weighted by molar-refractivity contribution is 6.06. The van der Waals surface area contributed by atoms with E-state index in [1.54, 1.807) is 4.90 Å². The second-order valence-electron chi connectivity index (χ2n) is 7.36. The van der Waals surface area contributed by atoms with Crippen LogP contribution < -0.4 is 15.1 Å². The van der Waals surface area contributed by atoms with Crippen molar-refractivity contribution in [2.75, 3.05) is 43.4 Å². The Hall–Kier alpha value is -3.11. The number of amides is 1. The van der Waals surface area contributed by atoms with Crippen molar-refractivity contribution in [2.45, 2.75) is 0 Å². The Morgan fingerprint density at radius 2 is 1.43 bits per heavy atom. The molecule has 142 valence electrons. The molecule has 1 aliphatic rings. The minimum Gasteiger partial charge on any atom is -0.359 e. The first-order chi connectivity index (χ1) is 13.7. The van der Waals surface area contributed by atoms with Crippen LogP contribution in [0.3, 0.4) is 0 Å². The van der Waals surface area contributed by atoms with Gasteiger partial charge in [-0.05, 0) is 35.4 Å². The van der Waals surface area contributed by atoms with E-state index in [4.69, 9.17) is 0 Å². The van der Waals surface area contributed by atoms with Gasteiger partial charge in [0.15, 0.2) is 0 Å². The summed E-state index contributed by atoms with van der Waals surface area (Å²) in [5.41, 5.74) is 4.90. The van der Waals surface area contributed by atoms with Crippen LogP contribution in [0.25, 0.3) is 11.1 Å². The fraction of sp³-hybridized carbons (Fsp3) is 0.208. The lowest BCUT2D eigenvalue weighted by molar-refractivity contribution is -0.880. The third-order valence-electron chi connectivity index (χ3n) is 5.36. The van der Waals surface area contributed by atoms with Crippen molar-refractivity contribution < 1.29 is 9.69 Å². The van der Waals surface area contributed by atoms with E-state index >= 15 is 0 Å². The fourth-order valence-electron chi connectivity index (χ4n) is 3.62. The second-order valence-corrected chi connectivity index (χ2v) is 7.36. The van der Waals surface area contributed by atoms with Gasteiger partial charge in [0.1, 0.15) is 0 Å². The van der Waals surface area contributed by atoms with Gasteiger partial charge in [-0.3, -0.25) is 4.79 Å². The smallest absolute Gasteiger partial charge is 0.255 e. The summed E-state index contributed by atoms with van der Waals surface area (Å²) in [5.74, 6) is -0.0770. The molecule has 4 heteroatoms. The van der Waals surface area contributed by atoms with E-state index in [-0.39, 0.29) is 5.91 Å². The van der Waals surface area contributed by atoms with E-state index in [0.717, 1.165) is 48.7 Å². The van der Waals surface area contributed by atoms with Crippen LogP contribution in [-0.4, -0.2) is 39.1 Å². The number of hydrogen-bond donors (Lipinski definition) is 2. The lowest BCUT2D eigenvalue weighted by atomic mass is 10.0. The standard InChI is InChI=1S/C24H25N3O/c1-26-15-17-27(18-16-26)23-10-6-5-9-22(23)25-24(28)21-13-11-20(12-14-21)19-7-3-2-4-8-19/h2-14H,15-18H2,1H3,(H,25,28)/p+1. The Bertz CT molecular complexity index is 930. The first kappa shape index (κ1) is 18.3. The number of hydrogen-bond acceptors (Lipinski definition) is 2. The van der Waals surface area contributed by atoms with E-state index in [1.165, 1.54) is 0 Å². The maximum Gasteiger partial charge on any atom is 0.255 e. The Labute approximate surface area is 166 Å². The summed E-state index contributed by atoms with van der Waals surface area (Å²) < 4.78 is 0. The molecule has 1 fully saturated rings. The summed E-state index contributed by atoms with van der Waals surface area (Å²) in [4.78, 5) is 16.7. The number of likely N-dealkylation sites (N-methyl/N-ethyl adjacent to an activating group) is 1. The lowest BCUT2D eigenvalue weighted by Gasteiger charge is -2.33. The maximum atomic E-state index is 12.8. The minimum atomic E-state index is -0.0770. The Kier molecular flexibility index (Phi) is 5.40. The molecule has 0 atom stereocenters.